The van der Waals surface area contributed by atoms with Gasteiger partial charge in [0.05, 0.1) is 7.11 Å². The first-order chi connectivity index (χ1) is 9.10. The number of nitrogens with two attached hydrogens (primary N) is 1. The molecule has 0 heterocycles. The maximum absolute atomic E-state index is 13.3. The van der Waals surface area contributed by atoms with E-state index in [0.29, 0.717) is 6.42 Å². The third kappa shape index (κ3) is 3.32. The molecule has 3 heteroatoms. The highest BCUT2D eigenvalue weighted by Crippen LogP contribution is 2.22. The molecule has 0 aliphatic heterocycles. The van der Waals surface area contributed by atoms with Gasteiger partial charge in [-0.1, -0.05) is 18.2 Å². The summed E-state index contributed by atoms with van der Waals surface area (Å²) in [5, 5.41) is 0. The topological polar surface area (TPSA) is 35.2 Å². The lowest BCUT2D eigenvalue weighted by Crippen LogP contribution is -2.14. The summed E-state index contributed by atoms with van der Waals surface area (Å²) < 4.78 is 18.4. The third-order valence-electron chi connectivity index (χ3n) is 3.27. The van der Waals surface area contributed by atoms with Crippen LogP contribution in [0.4, 0.5) is 4.39 Å². The average Bonchev–Trinajstić information content (AvgIpc) is 2.43. The van der Waals surface area contributed by atoms with Crippen LogP contribution in [-0.2, 0) is 6.42 Å². The Labute approximate surface area is 113 Å². The molecule has 0 fully saturated rings. The molecule has 19 heavy (non-hydrogen) atoms. The highest BCUT2D eigenvalue weighted by Gasteiger charge is 2.10. The molecule has 1 unspecified atom stereocenters. The van der Waals surface area contributed by atoms with E-state index in [0.717, 1.165) is 22.4 Å². The molecule has 2 aromatic carbocycles. The normalized spacial score (nSPS) is 12.2. The Balaban J connectivity index is 2.20. The predicted molar refractivity (Wildman–Crippen MR) is 74.8 cm³/mol. The second-order valence-electron chi connectivity index (χ2n) is 4.66. The number of methoxy groups -OCH3 is 1. The largest absolute Gasteiger partial charge is 0.497 e. The van der Waals surface area contributed by atoms with E-state index in [9.17, 15) is 4.39 Å². The molecule has 0 saturated carbocycles. The van der Waals surface area contributed by atoms with E-state index >= 15 is 0 Å². The highest BCUT2D eigenvalue weighted by atomic mass is 19.1. The molecular formula is C16H18FNO. The smallest absolute Gasteiger partial charge is 0.123 e. The van der Waals surface area contributed by atoms with Gasteiger partial charge in [0.15, 0.2) is 0 Å². The summed E-state index contributed by atoms with van der Waals surface area (Å²) in [5.74, 6) is 0.558. The lowest BCUT2D eigenvalue weighted by Gasteiger charge is -2.15. The summed E-state index contributed by atoms with van der Waals surface area (Å²) in [4.78, 5) is 0. The van der Waals surface area contributed by atoms with Gasteiger partial charge in [0.2, 0.25) is 0 Å². The van der Waals surface area contributed by atoms with E-state index in [1.807, 2.05) is 31.2 Å². The number of halogens is 1. The van der Waals surface area contributed by atoms with E-state index in [1.54, 1.807) is 19.2 Å². The molecule has 0 amide bonds. The van der Waals surface area contributed by atoms with Gasteiger partial charge in [-0.2, -0.15) is 0 Å². The molecule has 2 N–H and O–H groups in total. The van der Waals surface area contributed by atoms with Crippen molar-refractivity contribution in [1.29, 1.82) is 0 Å². The van der Waals surface area contributed by atoms with Gasteiger partial charge < -0.3 is 10.5 Å². The number of aryl methyl sites for hydroxylation is 1. The van der Waals surface area contributed by atoms with Gasteiger partial charge in [-0.15, -0.1) is 0 Å². The van der Waals surface area contributed by atoms with Crippen LogP contribution in [0.2, 0.25) is 0 Å². The molecule has 2 aromatic rings. The molecule has 1 atom stereocenters. The minimum atomic E-state index is -0.224. The number of rotatable bonds is 4. The SMILES string of the molecule is COc1cccc(C(N)Cc2cc(F)ccc2C)c1. The molecular weight excluding hydrogens is 241 g/mol. The van der Waals surface area contributed by atoms with Crippen molar-refractivity contribution in [2.45, 2.75) is 19.4 Å². The zero-order valence-electron chi connectivity index (χ0n) is 11.2. The van der Waals surface area contributed by atoms with E-state index in [1.165, 1.54) is 6.07 Å². The number of ether oxygens (including phenoxy) is 1. The Bertz CT molecular complexity index is 568. The van der Waals surface area contributed by atoms with Crippen molar-refractivity contribution in [3.63, 3.8) is 0 Å². The molecule has 0 bridgehead atoms. The minimum absolute atomic E-state index is 0.171. The van der Waals surface area contributed by atoms with Crippen molar-refractivity contribution in [2.24, 2.45) is 5.73 Å². The zero-order chi connectivity index (χ0) is 13.8. The average molecular weight is 259 g/mol. The van der Waals surface area contributed by atoms with Crippen LogP contribution in [-0.4, -0.2) is 7.11 Å². The number of benzene rings is 2. The van der Waals surface area contributed by atoms with Crippen molar-refractivity contribution in [3.05, 3.63) is 65.0 Å². The first-order valence-electron chi connectivity index (χ1n) is 6.24. The lowest BCUT2D eigenvalue weighted by molar-refractivity contribution is 0.414. The first kappa shape index (κ1) is 13.6. The predicted octanol–water partition coefficient (Wildman–Crippen LogP) is 3.39. The van der Waals surface area contributed by atoms with Crippen molar-refractivity contribution < 1.29 is 9.13 Å². The number of hydrogen-bond donors (Lipinski definition) is 1. The van der Waals surface area contributed by atoms with Crippen LogP contribution in [0.1, 0.15) is 22.7 Å². The van der Waals surface area contributed by atoms with Crippen LogP contribution in [0.15, 0.2) is 42.5 Å². The van der Waals surface area contributed by atoms with E-state index in [-0.39, 0.29) is 11.9 Å². The summed E-state index contributed by atoms with van der Waals surface area (Å²) in [6.07, 6.45) is 0.608. The van der Waals surface area contributed by atoms with Gasteiger partial charge in [0.25, 0.3) is 0 Å². The van der Waals surface area contributed by atoms with Gasteiger partial charge in [0, 0.05) is 6.04 Å². The van der Waals surface area contributed by atoms with Gasteiger partial charge in [0.1, 0.15) is 11.6 Å². The maximum Gasteiger partial charge on any atom is 0.123 e. The first-order valence-corrected chi connectivity index (χ1v) is 6.24. The van der Waals surface area contributed by atoms with Crippen LogP contribution in [0.5, 0.6) is 5.75 Å². The maximum atomic E-state index is 13.3. The van der Waals surface area contributed by atoms with Crippen LogP contribution >= 0.6 is 0 Å². The van der Waals surface area contributed by atoms with Crippen molar-refractivity contribution in [1.82, 2.24) is 0 Å². The van der Waals surface area contributed by atoms with Crippen LogP contribution in [0.3, 0.4) is 0 Å². The second-order valence-corrected chi connectivity index (χ2v) is 4.66. The van der Waals surface area contributed by atoms with Crippen LogP contribution in [0.25, 0.3) is 0 Å². The molecule has 0 aliphatic rings. The minimum Gasteiger partial charge on any atom is -0.497 e. The molecule has 100 valence electrons. The van der Waals surface area contributed by atoms with E-state index in [4.69, 9.17) is 10.5 Å². The van der Waals surface area contributed by atoms with Crippen molar-refractivity contribution >= 4 is 0 Å². The molecule has 0 radical (unpaired) electrons. The molecule has 0 aromatic heterocycles. The van der Waals surface area contributed by atoms with Crippen LogP contribution < -0.4 is 10.5 Å². The number of hydrogen-bond acceptors (Lipinski definition) is 2. The Kier molecular flexibility index (Phi) is 4.17. The standard InChI is InChI=1S/C16H18FNO/c1-11-6-7-14(17)8-13(11)10-16(18)12-4-3-5-15(9-12)19-2/h3-9,16H,10,18H2,1-2H3. The Morgan fingerprint density at radius 2 is 2.00 bits per heavy atom. The summed E-state index contributed by atoms with van der Waals surface area (Å²) in [7, 11) is 1.63. The Morgan fingerprint density at radius 1 is 1.21 bits per heavy atom. The zero-order valence-corrected chi connectivity index (χ0v) is 11.2. The molecule has 0 spiro atoms. The lowest BCUT2D eigenvalue weighted by atomic mass is 9.96. The van der Waals surface area contributed by atoms with Crippen molar-refractivity contribution in [2.75, 3.05) is 7.11 Å². The Hall–Kier alpha value is -1.87. The van der Waals surface area contributed by atoms with Gasteiger partial charge in [-0.05, 0) is 54.3 Å². The summed E-state index contributed by atoms with van der Waals surface area (Å²) >= 11 is 0. The van der Waals surface area contributed by atoms with E-state index < -0.39 is 0 Å². The van der Waals surface area contributed by atoms with E-state index in [2.05, 4.69) is 0 Å². The fourth-order valence-corrected chi connectivity index (χ4v) is 2.09. The van der Waals surface area contributed by atoms with Gasteiger partial charge in [-0.25, -0.2) is 4.39 Å². The summed E-state index contributed by atoms with van der Waals surface area (Å²) in [6, 6.07) is 12.3. The summed E-state index contributed by atoms with van der Waals surface area (Å²) in [5.41, 5.74) is 9.18. The quantitative estimate of drug-likeness (QED) is 0.913. The second kappa shape index (κ2) is 5.85. The fraction of sp³-hybridized carbons (Fsp3) is 0.250. The monoisotopic (exact) mass is 259 g/mol. The molecule has 0 saturated heterocycles. The van der Waals surface area contributed by atoms with Gasteiger partial charge >= 0.3 is 0 Å². The highest BCUT2D eigenvalue weighted by molar-refractivity contribution is 5.33. The molecule has 2 nitrogen and oxygen atoms in total. The van der Waals surface area contributed by atoms with Crippen molar-refractivity contribution in [3.8, 4) is 5.75 Å². The fourth-order valence-electron chi connectivity index (χ4n) is 2.09. The molecule has 0 aliphatic carbocycles. The van der Waals surface area contributed by atoms with Crippen LogP contribution in [0, 0.1) is 12.7 Å². The molecule has 2 rings (SSSR count). The van der Waals surface area contributed by atoms with Gasteiger partial charge in [-0.3, -0.25) is 0 Å². The third-order valence-corrected chi connectivity index (χ3v) is 3.27. The summed E-state index contributed by atoms with van der Waals surface area (Å²) in [6.45, 7) is 1.97. The Morgan fingerprint density at radius 3 is 2.74 bits per heavy atom.